The van der Waals surface area contributed by atoms with Crippen molar-refractivity contribution in [3.63, 3.8) is 0 Å². The summed E-state index contributed by atoms with van der Waals surface area (Å²) in [6, 6.07) is 9.23. The van der Waals surface area contributed by atoms with Crippen molar-refractivity contribution < 1.29 is 14.4 Å². The van der Waals surface area contributed by atoms with Gasteiger partial charge in [0.2, 0.25) is 5.91 Å². The Labute approximate surface area is 193 Å². The van der Waals surface area contributed by atoms with Crippen molar-refractivity contribution in [1.82, 2.24) is 10.6 Å². The van der Waals surface area contributed by atoms with E-state index in [1.807, 2.05) is 0 Å². The largest absolute Gasteiger partial charge is 0.390 e. The summed E-state index contributed by atoms with van der Waals surface area (Å²) >= 11 is 23.9. The molecule has 2 unspecified atom stereocenters. The molecular formula is C20H17Cl4N3O3. The summed E-state index contributed by atoms with van der Waals surface area (Å²) in [5.41, 5.74) is 1.11. The number of carbonyl (C=O) groups is 2. The Hall–Kier alpha value is -1.83. The molecule has 1 heterocycles. The lowest BCUT2D eigenvalue weighted by molar-refractivity contribution is -0.121. The Morgan fingerprint density at radius 3 is 2.50 bits per heavy atom. The fourth-order valence-corrected chi connectivity index (χ4v) is 3.98. The highest BCUT2D eigenvalue weighted by atomic mass is 35.5. The Morgan fingerprint density at radius 2 is 1.80 bits per heavy atom. The molecule has 0 aromatic heterocycles. The van der Waals surface area contributed by atoms with Gasteiger partial charge in [-0.05, 0) is 36.8 Å². The second-order valence-corrected chi connectivity index (χ2v) is 8.32. The third-order valence-corrected chi connectivity index (χ3v) is 5.72. The zero-order valence-electron chi connectivity index (χ0n) is 15.5. The lowest BCUT2D eigenvalue weighted by Crippen LogP contribution is -2.39. The number of Topliss-reactive ketones (excluding diaryl/α,β-unsaturated/α-hetero) is 1. The van der Waals surface area contributed by atoms with Gasteiger partial charge >= 0.3 is 0 Å². The summed E-state index contributed by atoms with van der Waals surface area (Å²) in [7, 11) is 0. The summed E-state index contributed by atoms with van der Waals surface area (Å²) < 4.78 is 0. The van der Waals surface area contributed by atoms with Crippen LogP contribution < -0.4 is 10.6 Å². The van der Waals surface area contributed by atoms with Crippen molar-refractivity contribution in [1.29, 1.82) is 0 Å². The van der Waals surface area contributed by atoms with E-state index in [1.165, 1.54) is 6.07 Å². The Morgan fingerprint density at radius 1 is 1.10 bits per heavy atom. The number of rotatable bonds is 7. The highest BCUT2D eigenvalue weighted by molar-refractivity contribution is 6.37. The van der Waals surface area contributed by atoms with Gasteiger partial charge in [0, 0.05) is 38.7 Å². The Balaban J connectivity index is 1.46. The first kappa shape index (κ1) is 22.8. The fourth-order valence-electron chi connectivity index (χ4n) is 3.02. The van der Waals surface area contributed by atoms with Crippen molar-refractivity contribution in [3.05, 3.63) is 67.6 Å². The molecule has 0 saturated carbocycles. The molecule has 2 aromatic carbocycles. The van der Waals surface area contributed by atoms with E-state index in [1.54, 1.807) is 30.3 Å². The number of hydrogen-bond acceptors (Lipinski definition) is 5. The maximum atomic E-state index is 12.7. The Kier molecular flexibility index (Phi) is 7.97. The maximum Gasteiger partial charge on any atom is 0.242 e. The minimum absolute atomic E-state index is 0.127. The molecule has 1 amide bonds. The summed E-state index contributed by atoms with van der Waals surface area (Å²) in [5, 5.41) is 11.0. The van der Waals surface area contributed by atoms with Crippen LogP contribution in [0, 0.1) is 5.92 Å². The van der Waals surface area contributed by atoms with Crippen LogP contribution in [0.2, 0.25) is 20.1 Å². The van der Waals surface area contributed by atoms with Crippen LogP contribution in [-0.4, -0.2) is 30.6 Å². The summed E-state index contributed by atoms with van der Waals surface area (Å²) in [6.07, 6.45) is 1.50. The van der Waals surface area contributed by atoms with E-state index < -0.39 is 6.04 Å². The average Bonchev–Trinajstić information content (AvgIpc) is 3.19. The fraction of sp³-hybridized carbons (Fsp3) is 0.250. The van der Waals surface area contributed by atoms with Gasteiger partial charge in [-0.1, -0.05) is 57.6 Å². The number of hydrogen-bond donors (Lipinski definition) is 2. The minimum Gasteiger partial charge on any atom is -0.390 e. The molecule has 10 heteroatoms. The third kappa shape index (κ3) is 5.86. The lowest BCUT2D eigenvalue weighted by Gasteiger charge is -2.10. The molecule has 0 aliphatic carbocycles. The van der Waals surface area contributed by atoms with Crippen molar-refractivity contribution in [2.75, 3.05) is 6.54 Å². The predicted molar refractivity (Wildman–Crippen MR) is 119 cm³/mol. The van der Waals surface area contributed by atoms with Gasteiger partial charge in [0.15, 0.2) is 5.78 Å². The van der Waals surface area contributed by atoms with Crippen LogP contribution in [0.15, 0.2) is 41.6 Å². The highest BCUT2D eigenvalue weighted by Gasteiger charge is 2.34. The normalized spacial score (nSPS) is 18.5. The van der Waals surface area contributed by atoms with Gasteiger partial charge in [0.25, 0.3) is 0 Å². The molecule has 2 N–H and O–H groups in total. The molecule has 0 bridgehead atoms. The van der Waals surface area contributed by atoms with E-state index in [-0.39, 0.29) is 24.2 Å². The molecule has 0 radical (unpaired) electrons. The van der Waals surface area contributed by atoms with Crippen LogP contribution in [0.4, 0.5) is 0 Å². The van der Waals surface area contributed by atoms with Crippen molar-refractivity contribution in [3.8, 4) is 0 Å². The lowest BCUT2D eigenvalue weighted by atomic mass is 9.95. The number of nitrogens with zero attached hydrogens (tertiary/aromatic N) is 1. The SMILES string of the molecule is O=C(c1ccc(Cl)cc1Cl)C1CNC(C(=O)N/C=N\OCc2ccc(Cl)cc2Cl)C1. The third-order valence-electron chi connectivity index (χ3n) is 4.58. The van der Waals surface area contributed by atoms with E-state index in [9.17, 15) is 9.59 Å². The topological polar surface area (TPSA) is 79.8 Å². The molecule has 2 atom stereocenters. The van der Waals surface area contributed by atoms with Gasteiger partial charge in [0.05, 0.1) is 11.1 Å². The first-order valence-corrected chi connectivity index (χ1v) is 10.5. The van der Waals surface area contributed by atoms with E-state index in [0.717, 1.165) is 6.34 Å². The molecule has 1 saturated heterocycles. The van der Waals surface area contributed by atoms with Crippen LogP contribution in [-0.2, 0) is 16.2 Å². The van der Waals surface area contributed by atoms with Crippen molar-refractivity contribution >= 4 is 64.4 Å². The molecule has 2 aromatic rings. The van der Waals surface area contributed by atoms with Crippen LogP contribution in [0.5, 0.6) is 0 Å². The van der Waals surface area contributed by atoms with Crippen molar-refractivity contribution in [2.45, 2.75) is 19.1 Å². The minimum atomic E-state index is -0.526. The van der Waals surface area contributed by atoms with Gasteiger partial charge < -0.3 is 15.5 Å². The number of benzene rings is 2. The molecule has 1 aliphatic rings. The molecular weight excluding hydrogens is 472 g/mol. The average molecular weight is 489 g/mol. The number of oxime groups is 1. The molecule has 0 spiro atoms. The summed E-state index contributed by atoms with van der Waals surface area (Å²) in [5.74, 6) is -0.805. The van der Waals surface area contributed by atoms with Gasteiger partial charge in [0.1, 0.15) is 12.9 Å². The van der Waals surface area contributed by atoms with E-state index >= 15 is 0 Å². The predicted octanol–water partition coefficient (Wildman–Crippen LogP) is 4.74. The first-order valence-electron chi connectivity index (χ1n) is 8.96. The van der Waals surface area contributed by atoms with Gasteiger partial charge in [-0.3, -0.25) is 9.59 Å². The Bertz CT molecular complexity index is 984. The summed E-state index contributed by atoms with van der Waals surface area (Å²) in [6.45, 7) is 0.501. The number of ketones is 1. The van der Waals surface area contributed by atoms with Crippen LogP contribution in [0.3, 0.4) is 0 Å². The number of carbonyl (C=O) groups excluding carboxylic acids is 2. The maximum absolute atomic E-state index is 12.7. The van der Waals surface area contributed by atoms with Crippen molar-refractivity contribution in [2.24, 2.45) is 11.1 Å². The molecule has 3 rings (SSSR count). The van der Waals surface area contributed by atoms with Gasteiger partial charge in [-0.25, -0.2) is 0 Å². The quantitative estimate of drug-likeness (QED) is 0.255. The van der Waals surface area contributed by atoms with Crippen LogP contribution >= 0.6 is 46.4 Å². The monoisotopic (exact) mass is 487 g/mol. The molecule has 1 fully saturated rings. The molecule has 6 nitrogen and oxygen atoms in total. The second-order valence-electron chi connectivity index (χ2n) is 6.63. The van der Waals surface area contributed by atoms with Gasteiger partial charge in [-0.2, -0.15) is 0 Å². The molecule has 158 valence electrons. The smallest absolute Gasteiger partial charge is 0.242 e. The van der Waals surface area contributed by atoms with Crippen LogP contribution in [0.25, 0.3) is 0 Å². The zero-order valence-corrected chi connectivity index (χ0v) is 18.5. The first-order chi connectivity index (χ1) is 14.3. The molecule has 30 heavy (non-hydrogen) atoms. The molecule has 1 aliphatic heterocycles. The standard InChI is InChI=1S/C20H17Cl4N3O3/c21-13-2-1-11(16(23)6-13)9-30-27-10-26-20(29)18-5-12(8-25-18)19(28)15-4-3-14(22)7-17(15)24/h1-4,6-7,10,12,18,25H,5,8-9H2,(H,26,27,29). The van der Waals surface area contributed by atoms with E-state index in [2.05, 4.69) is 15.8 Å². The number of amides is 1. The summed E-state index contributed by atoms with van der Waals surface area (Å²) in [4.78, 5) is 30.1. The van der Waals surface area contributed by atoms with E-state index in [0.29, 0.717) is 44.2 Å². The number of nitrogens with one attached hydrogen (secondary N) is 2. The zero-order chi connectivity index (χ0) is 21.7. The number of halogens is 4. The van der Waals surface area contributed by atoms with E-state index in [4.69, 9.17) is 51.2 Å². The van der Waals surface area contributed by atoms with Gasteiger partial charge in [-0.15, -0.1) is 0 Å². The van der Waals surface area contributed by atoms with Crippen LogP contribution in [0.1, 0.15) is 22.3 Å². The second kappa shape index (κ2) is 10.5. The highest BCUT2D eigenvalue weighted by Crippen LogP contribution is 2.26.